The van der Waals surface area contributed by atoms with E-state index >= 15 is 0 Å². The molecular formula is C15H9ClN4OS. The van der Waals surface area contributed by atoms with E-state index in [4.69, 9.17) is 16.0 Å². The van der Waals surface area contributed by atoms with Gasteiger partial charge in [0.15, 0.2) is 5.13 Å². The van der Waals surface area contributed by atoms with Crippen molar-refractivity contribution in [1.29, 1.82) is 0 Å². The number of aromatic nitrogens is 3. The quantitative estimate of drug-likeness (QED) is 0.588. The van der Waals surface area contributed by atoms with E-state index < -0.39 is 0 Å². The summed E-state index contributed by atoms with van der Waals surface area (Å²) in [7, 11) is 0. The Hall–Kier alpha value is -2.44. The summed E-state index contributed by atoms with van der Waals surface area (Å²) in [6.45, 7) is 0. The van der Waals surface area contributed by atoms with Crippen molar-refractivity contribution in [2.24, 2.45) is 0 Å². The van der Waals surface area contributed by atoms with E-state index in [1.54, 1.807) is 0 Å². The van der Waals surface area contributed by atoms with Gasteiger partial charge >= 0.3 is 6.01 Å². The molecule has 0 aliphatic heterocycles. The summed E-state index contributed by atoms with van der Waals surface area (Å²) in [6, 6.07) is 15.5. The van der Waals surface area contributed by atoms with Gasteiger partial charge in [0.25, 0.3) is 0 Å². The Bertz CT molecular complexity index is 935. The van der Waals surface area contributed by atoms with Gasteiger partial charge in [-0.05, 0) is 30.3 Å². The summed E-state index contributed by atoms with van der Waals surface area (Å²) in [5.74, 6) is 0.465. The molecule has 108 valence electrons. The molecule has 0 bridgehead atoms. The molecule has 7 heteroatoms. The van der Waals surface area contributed by atoms with Gasteiger partial charge in [-0.3, -0.25) is 5.32 Å². The highest BCUT2D eigenvalue weighted by Crippen LogP contribution is 2.30. The van der Waals surface area contributed by atoms with Crippen molar-refractivity contribution in [2.75, 3.05) is 5.32 Å². The van der Waals surface area contributed by atoms with Gasteiger partial charge < -0.3 is 4.42 Å². The summed E-state index contributed by atoms with van der Waals surface area (Å²) < 4.78 is 6.60. The largest absolute Gasteiger partial charge is 0.403 e. The van der Waals surface area contributed by atoms with Crippen molar-refractivity contribution in [3.63, 3.8) is 0 Å². The van der Waals surface area contributed by atoms with Gasteiger partial charge in [-0.25, -0.2) is 4.98 Å². The second-order valence-corrected chi connectivity index (χ2v) is 6.00. The Labute approximate surface area is 134 Å². The zero-order valence-electron chi connectivity index (χ0n) is 11.2. The monoisotopic (exact) mass is 328 g/mol. The van der Waals surface area contributed by atoms with Crippen molar-refractivity contribution < 1.29 is 4.42 Å². The number of anilines is 2. The van der Waals surface area contributed by atoms with E-state index in [9.17, 15) is 0 Å². The third kappa shape index (κ3) is 2.54. The zero-order valence-corrected chi connectivity index (χ0v) is 12.7. The van der Waals surface area contributed by atoms with Gasteiger partial charge in [0.1, 0.15) is 0 Å². The molecule has 0 aliphatic carbocycles. The van der Waals surface area contributed by atoms with Crippen LogP contribution in [0.2, 0.25) is 5.02 Å². The van der Waals surface area contributed by atoms with Crippen LogP contribution in [0.3, 0.4) is 0 Å². The van der Waals surface area contributed by atoms with Crippen LogP contribution < -0.4 is 5.32 Å². The van der Waals surface area contributed by atoms with E-state index in [0.29, 0.717) is 22.1 Å². The highest BCUT2D eigenvalue weighted by atomic mass is 35.5. The minimum absolute atomic E-state index is 0.309. The molecule has 0 aliphatic rings. The minimum atomic E-state index is 0.309. The molecule has 0 unspecified atom stereocenters. The Morgan fingerprint density at radius 2 is 1.91 bits per heavy atom. The fourth-order valence-electron chi connectivity index (χ4n) is 2.01. The lowest BCUT2D eigenvalue weighted by molar-refractivity contribution is 0.587. The number of hydrogen-bond donors (Lipinski definition) is 1. The number of hydrogen-bond acceptors (Lipinski definition) is 6. The summed E-state index contributed by atoms with van der Waals surface area (Å²) >= 11 is 7.45. The van der Waals surface area contributed by atoms with Gasteiger partial charge in [-0.15, -0.1) is 5.10 Å². The maximum atomic E-state index is 5.98. The second-order valence-electron chi connectivity index (χ2n) is 4.53. The number of nitrogens with zero attached hydrogens (tertiary/aromatic N) is 3. The smallest absolute Gasteiger partial charge is 0.322 e. The highest BCUT2D eigenvalue weighted by molar-refractivity contribution is 7.22. The highest BCUT2D eigenvalue weighted by Gasteiger charge is 2.10. The zero-order chi connectivity index (χ0) is 14.9. The van der Waals surface area contributed by atoms with E-state index in [-0.39, 0.29) is 0 Å². The van der Waals surface area contributed by atoms with Gasteiger partial charge in [0.2, 0.25) is 5.89 Å². The number of thiazole rings is 1. The molecule has 0 saturated heterocycles. The van der Waals surface area contributed by atoms with Crippen molar-refractivity contribution in [3.8, 4) is 11.5 Å². The number of rotatable bonds is 3. The lowest BCUT2D eigenvalue weighted by Gasteiger charge is -1.94. The van der Waals surface area contributed by atoms with Gasteiger partial charge in [-0.1, -0.05) is 46.2 Å². The Balaban J connectivity index is 1.61. The SMILES string of the molecule is Clc1ccc2nc(Nc3nnc(-c4ccccc4)o3)sc2c1. The first-order chi connectivity index (χ1) is 10.8. The number of halogens is 1. The normalized spacial score (nSPS) is 11.0. The first-order valence-electron chi connectivity index (χ1n) is 6.50. The first kappa shape index (κ1) is 13.2. The van der Waals surface area contributed by atoms with Crippen LogP contribution in [0.4, 0.5) is 11.1 Å². The Morgan fingerprint density at radius 3 is 2.77 bits per heavy atom. The van der Waals surface area contributed by atoms with Crippen LogP contribution in [0.1, 0.15) is 0 Å². The third-order valence-corrected chi connectivity index (χ3v) is 4.18. The maximum absolute atomic E-state index is 5.98. The van der Waals surface area contributed by atoms with Crippen molar-refractivity contribution in [3.05, 3.63) is 53.6 Å². The molecule has 22 heavy (non-hydrogen) atoms. The topological polar surface area (TPSA) is 63.8 Å². The molecule has 0 radical (unpaired) electrons. The van der Waals surface area contributed by atoms with E-state index in [0.717, 1.165) is 15.8 Å². The van der Waals surface area contributed by atoms with Gasteiger partial charge in [0, 0.05) is 10.6 Å². The van der Waals surface area contributed by atoms with Crippen molar-refractivity contribution in [2.45, 2.75) is 0 Å². The molecule has 2 aromatic heterocycles. The van der Waals surface area contributed by atoms with Crippen LogP contribution in [0, 0.1) is 0 Å². The maximum Gasteiger partial charge on any atom is 0.322 e. The first-order valence-corrected chi connectivity index (χ1v) is 7.69. The average Bonchev–Trinajstić information content (AvgIpc) is 3.14. The molecule has 0 saturated carbocycles. The van der Waals surface area contributed by atoms with Gasteiger partial charge in [-0.2, -0.15) is 0 Å². The fourth-order valence-corrected chi connectivity index (χ4v) is 3.15. The van der Waals surface area contributed by atoms with Crippen LogP contribution in [-0.4, -0.2) is 15.2 Å². The minimum Gasteiger partial charge on any atom is -0.403 e. The second kappa shape index (κ2) is 5.40. The van der Waals surface area contributed by atoms with Crippen molar-refractivity contribution >= 4 is 44.3 Å². The summed E-state index contributed by atoms with van der Waals surface area (Å²) in [4.78, 5) is 4.45. The Morgan fingerprint density at radius 1 is 1.05 bits per heavy atom. The van der Waals surface area contributed by atoms with E-state index in [2.05, 4.69) is 20.5 Å². The molecule has 4 aromatic rings. The third-order valence-electron chi connectivity index (χ3n) is 3.01. The molecule has 0 atom stereocenters. The van der Waals surface area contributed by atoms with Gasteiger partial charge in [0.05, 0.1) is 10.2 Å². The van der Waals surface area contributed by atoms with Crippen LogP contribution in [0.15, 0.2) is 52.9 Å². The molecule has 2 aromatic carbocycles. The molecule has 2 heterocycles. The number of nitrogens with one attached hydrogen (secondary N) is 1. The molecule has 0 spiro atoms. The van der Waals surface area contributed by atoms with Crippen LogP contribution in [0.25, 0.3) is 21.7 Å². The standard InChI is InChI=1S/C15H9ClN4OS/c16-10-6-7-11-12(8-10)22-15(17-11)18-14-20-19-13(21-14)9-4-2-1-3-5-9/h1-8H,(H,17,18,20). The molecule has 0 fully saturated rings. The summed E-state index contributed by atoms with van der Waals surface area (Å²) in [5.41, 5.74) is 1.75. The number of fused-ring (bicyclic) bond motifs is 1. The lowest BCUT2D eigenvalue weighted by atomic mass is 10.2. The lowest BCUT2D eigenvalue weighted by Crippen LogP contribution is -1.88. The molecule has 1 N–H and O–H groups in total. The predicted octanol–water partition coefficient (Wildman–Crippen LogP) is 4.74. The van der Waals surface area contributed by atoms with Crippen LogP contribution >= 0.6 is 22.9 Å². The van der Waals surface area contributed by atoms with E-state index in [1.165, 1.54) is 11.3 Å². The van der Waals surface area contributed by atoms with Crippen molar-refractivity contribution in [1.82, 2.24) is 15.2 Å². The fraction of sp³-hybridized carbons (Fsp3) is 0. The summed E-state index contributed by atoms with van der Waals surface area (Å²) in [5, 5.41) is 12.4. The predicted molar refractivity (Wildman–Crippen MR) is 87.6 cm³/mol. The van der Waals surface area contributed by atoms with Crippen LogP contribution in [-0.2, 0) is 0 Å². The number of benzene rings is 2. The van der Waals surface area contributed by atoms with Crippen LogP contribution in [0.5, 0.6) is 0 Å². The average molecular weight is 329 g/mol. The molecule has 0 amide bonds. The molecule has 4 rings (SSSR count). The molecule has 5 nitrogen and oxygen atoms in total. The summed E-state index contributed by atoms with van der Waals surface area (Å²) in [6.07, 6.45) is 0. The molecular weight excluding hydrogens is 320 g/mol. The van der Waals surface area contributed by atoms with E-state index in [1.807, 2.05) is 48.5 Å². The Kier molecular flexibility index (Phi) is 3.25.